The summed E-state index contributed by atoms with van der Waals surface area (Å²) in [7, 11) is 1.63. The van der Waals surface area contributed by atoms with Crippen molar-refractivity contribution < 1.29 is 9.53 Å². The molecule has 0 spiro atoms. The first-order valence-corrected chi connectivity index (χ1v) is 6.67. The van der Waals surface area contributed by atoms with Crippen molar-refractivity contribution in [2.45, 2.75) is 25.6 Å². The van der Waals surface area contributed by atoms with E-state index in [1.165, 1.54) is 10.6 Å². The fraction of sp³-hybridized carbons (Fsp3) is 0.571. The average molecular weight is 262 g/mol. The van der Waals surface area contributed by atoms with Crippen LogP contribution in [0.2, 0.25) is 0 Å². The molecule has 0 N–H and O–H groups in total. The van der Waals surface area contributed by atoms with Gasteiger partial charge >= 0.3 is 0 Å². The largest absolute Gasteiger partial charge is 0.373 e. The van der Waals surface area contributed by atoms with Crippen LogP contribution in [0, 0.1) is 5.92 Å². The molecule has 1 amide bonds. The van der Waals surface area contributed by atoms with E-state index < -0.39 is 0 Å². The van der Waals surface area contributed by atoms with Crippen LogP contribution < -0.4 is 5.56 Å². The van der Waals surface area contributed by atoms with E-state index in [0.29, 0.717) is 24.3 Å². The predicted molar refractivity (Wildman–Crippen MR) is 70.0 cm³/mol. The van der Waals surface area contributed by atoms with E-state index in [4.69, 9.17) is 4.74 Å². The lowest BCUT2D eigenvalue weighted by atomic mass is 10.0. The summed E-state index contributed by atoms with van der Waals surface area (Å²) < 4.78 is 7.20. The highest BCUT2D eigenvalue weighted by atomic mass is 16.5. The second-order valence-corrected chi connectivity index (χ2v) is 5.50. The minimum atomic E-state index is -0.157. The quantitative estimate of drug-likeness (QED) is 0.746. The highest BCUT2D eigenvalue weighted by Gasteiger charge is 2.42. The maximum absolute atomic E-state index is 12.4. The Kier molecular flexibility index (Phi) is 2.93. The Hall–Kier alpha value is -1.62. The van der Waals surface area contributed by atoms with Gasteiger partial charge in [0.25, 0.3) is 11.5 Å². The molecule has 5 nitrogen and oxygen atoms in total. The number of ether oxygens (including phenoxy) is 1. The molecular formula is C14H18N2O3. The first-order chi connectivity index (χ1) is 9.06. The third kappa shape index (κ3) is 2.08. The van der Waals surface area contributed by atoms with Gasteiger partial charge in [0, 0.05) is 32.1 Å². The van der Waals surface area contributed by atoms with E-state index >= 15 is 0 Å². The fourth-order valence-corrected chi connectivity index (χ4v) is 3.11. The molecule has 0 unspecified atom stereocenters. The molecule has 19 heavy (non-hydrogen) atoms. The zero-order valence-corrected chi connectivity index (χ0v) is 11.2. The van der Waals surface area contributed by atoms with E-state index in [9.17, 15) is 9.59 Å². The summed E-state index contributed by atoms with van der Waals surface area (Å²) in [6, 6.07) is 4.78. The summed E-state index contributed by atoms with van der Waals surface area (Å²) in [5, 5.41) is 0. The first-order valence-electron chi connectivity index (χ1n) is 6.67. The number of hydrogen-bond donors (Lipinski definition) is 0. The fourth-order valence-electron chi connectivity index (χ4n) is 3.11. The Morgan fingerprint density at radius 2 is 2.16 bits per heavy atom. The second-order valence-electron chi connectivity index (χ2n) is 5.50. The summed E-state index contributed by atoms with van der Waals surface area (Å²) in [4.78, 5) is 25.8. The van der Waals surface area contributed by atoms with Crippen LogP contribution >= 0.6 is 0 Å². The number of amides is 1. The number of likely N-dealkylation sites (tertiary alicyclic amines) is 1. The molecule has 0 aromatic carbocycles. The molecule has 3 atom stereocenters. The number of fused-ring (bicyclic) bond motifs is 1. The SMILES string of the molecule is C[C@H]1C[C@@H]2CN(C(=O)c3cccc(=O)n3C)C[C@@H]2O1. The number of nitrogens with zero attached hydrogens (tertiary/aromatic N) is 2. The van der Waals surface area contributed by atoms with Crippen LogP contribution in [-0.2, 0) is 11.8 Å². The van der Waals surface area contributed by atoms with Crippen molar-refractivity contribution in [2.75, 3.05) is 13.1 Å². The van der Waals surface area contributed by atoms with Gasteiger partial charge in [0.2, 0.25) is 0 Å². The summed E-state index contributed by atoms with van der Waals surface area (Å²) in [5.41, 5.74) is 0.288. The third-order valence-corrected chi connectivity index (χ3v) is 4.11. The van der Waals surface area contributed by atoms with Gasteiger partial charge in [-0.25, -0.2) is 0 Å². The number of hydrogen-bond acceptors (Lipinski definition) is 3. The van der Waals surface area contributed by atoms with Crippen molar-refractivity contribution in [3.8, 4) is 0 Å². The van der Waals surface area contributed by atoms with Crippen molar-refractivity contribution in [2.24, 2.45) is 13.0 Å². The van der Waals surface area contributed by atoms with E-state index in [1.54, 1.807) is 24.1 Å². The van der Waals surface area contributed by atoms with Gasteiger partial charge in [0.05, 0.1) is 12.2 Å². The molecular weight excluding hydrogens is 244 g/mol. The highest BCUT2D eigenvalue weighted by molar-refractivity contribution is 5.92. The summed E-state index contributed by atoms with van der Waals surface area (Å²) in [5.74, 6) is 0.366. The van der Waals surface area contributed by atoms with E-state index in [2.05, 4.69) is 6.92 Å². The summed E-state index contributed by atoms with van der Waals surface area (Å²) >= 11 is 0. The van der Waals surface area contributed by atoms with Crippen LogP contribution in [0.5, 0.6) is 0 Å². The average Bonchev–Trinajstić information content (AvgIpc) is 2.89. The lowest BCUT2D eigenvalue weighted by Crippen LogP contribution is -2.35. The smallest absolute Gasteiger partial charge is 0.270 e. The highest BCUT2D eigenvalue weighted by Crippen LogP contribution is 2.33. The van der Waals surface area contributed by atoms with E-state index in [-0.39, 0.29) is 17.6 Å². The Balaban J connectivity index is 1.79. The Morgan fingerprint density at radius 1 is 1.37 bits per heavy atom. The molecule has 1 aromatic rings. The van der Waals surface area contributed by atoms with Crippen molar-refractivity contribution in [3.05, 3.63) is 34.2 Å². The van der Waals surface area contributed by atoms with E-state index in [1.807, 2.05) is 0 Å². The minimum absolute atomic E-state index is 0.0779. The van der Waals surface area contributed by atoms with Crippen molar-refractivity contribution >= 4 is 5.91 Å². The number of carbonyl (C=O) groups is 1. The molecule has 0 aliphatic carbocycles. The van der Waals surface area contributed by atoms with E-state index in [0.717, 1.165) is 13.0 Å². The lowest BCUT2D eigenvalue weighted by Gasteiger charge is -2.19. The van der Waals surface area contributed by atoms with Gasteiger partial charge in [-0.05, 0) is 19.4 Å². The van der Waals surface area contributed by atoms with Crippen LogP contribution in [0.4, 0.5) is 0 Å². The molecule has 0 saturated carbocycles. The Bertz CT molecular complexity index is 552. The van der Waals surface area contributed by atoms with Gasteiger partial charge in [-0.15, -0.1) is 0 Å². The normalized spacial score (nSPS) is 29.6. The maximum atomic E-state index is 12.4. The molecule has 3 rings (SSSR count). The molecule has 0 radical (unpaired) electrons. The summed E-state index contributed by atoms with van der Waals surface area (Å²) in [6.45, 7) is 3.44. The predicted octanol–water partition coefficient (Wildman–Crippen LogP) is 0.635. The van der Waals surface area contributed by atoms with Gasteiger partial charge in [0.1, 0.15) is 5.69 Å². The number of aromatic nitrogens is 1. The molecule has 2 aliphatic rings. The van der Waals surface area contributed by atoms with Crippen LogP contribution in [0.25, 0.3) is 0 Å². The number of pyridine rings is 1. The third-order valence-electron chi connectivity index (χ3n) is 4.11. The monoisotopic (exact) mass is 262 g/mol. The lowest BCUT2D eigenvalue weighted by molar-refractivity contribution is 0.0440. The van der Waals surface area contributed by atoms with Gasteiger partial charge in [-0.1, -0.05) is 6.07 Å². The maximum Gasteiger partial charge on any atom is 0.270 e. The Morgan fingerprint density at radius 3 is 2.89 bits per heavy atom. The molecule has 102 valence electrons. The van der Waals surface area contributed by atoms with Gasteiger partial charge in [-0.3, -0.25) is 9.59 Å². The molecule has 5 heteroatoms. The standard InChI is InChI=1S/C14H18N2O3/c1-9-6-10-7-16(8-12(10)19-9)14(18)11-4-3-5-13(17)15(11)2/h3-5,9-10,12H,6-8H2,1-2H3/t9-,10+,12-/m0/s1. The van der Waals surface area contributed by atoms with Gasteiger partial charge in [-0.2, -0.15) is 0 Å². The van der Waals surface area contributed by atoms with Crippen LogP contribution in [-0.4, -0.2) is 40.7 Å². The molecule has 2 saturated heterocycles. The molecule has 3 heterocycles. The first kappa shape index (κ1) is 12.4. The van der Waals surface area contributed by atoms with Gasteiger partial charge < -0.3 is 14.2 Å². The molecule has 2 aliphatic heterocycles. The van der Waals surface area contributed by atoms with Crippen molar-refractivity contribution in [3.63, 3.8) is 0 Å². The molecule has 0 bridgehead atoms. The minimum Gasteiger partial charge on any atom is -0.373 e. The van der Waals surface area contributed by atoms with Crippen molar-refractivity contribution in [1.29, 1.82) is 0 Å². The zero-order valence-electron chi connectivity index (χ0n) is 11.2. The van der Waals surface area contributed by atoms with Crippen LogP contribution in [0.1, 0.15) is 23.8 Å². The van der Waals surface area contributed by atoms with Gasteiger partial charge in [0.15, 0.2) is 0 Å². The Labute approximate surface area is 111 Å². The zero-order chi connectivity index (χ0) is 13.6. The van der Waals surface area contributed by atoms with Crippen molar-refractivity contribution in [1.82, 2.24) is 9.47 Å². The molecule has 2 fully saturated rings. The number of carbonyl (C=O) groups excluding carboxylic acids is 1. The summed E-state index contributed by atoms with van der Waals surface area (Å²) in [6.07, 6.45) is 1.48. The second kappa shape index (κ2) is 4.49. The molecule has 1 aromatic heterocycles. The van der Waals surface area contributed by atoms with Crippen LogP contribution in [0.15, 0.2) is 23.0 Å². The topological polar surface area (TPSA) is 51.5 Å². The number of rotatable bonds is 1. The van der Waals surface area contributed by atoms with Crippen LogP contribution in [0.3, 0.4) is 0 Å².